The van der Waals surface area contributed by atoms with Crippen molar-refractivity contribution in [1.29, 1.82) is 0 Å². The van der Waals surface area contributed by atoms with Crippen molar-refractivity contribution in [2.45, 2.75) is 62.7 Å². The van der Waals surface area contributed by atoms with Crippen LogP contribution in [0.3, 0.4) is 0 Å². The highest BCUT2D eigenvalue weighted by Crippen LogP contribution is 2.34. The van der Waals surface area contributed by atoms with E-state index in [1.807, 2.05) is 20.8 Å². The fourth-order valence-corrected chi connectivity index (χ4v) is 6.58. The monoisotopic (exact) mass is 560 g/mol. The van der Waals surface area contributed by atoms with E-state index in [9.17, 15) is 27.2 Å². The molecule has 2 heterocycles. The summed E-state index contributed by atoms with van der Waals surface area (Å²) in [6, 6.07) is 10.3. The lowest BCUT2D eigenvalue weighted by Gasteiger charge is -2.34. The Bertz CT molecular complexity index is 1330. The SMILES string of the molecule is CCCCC1(c2ccc(F)cc2)NC(=O)N(CC(=O)Nc2ccc(S(=O)(=O)N3CC(C)OC(C)C3)cc2)C1=O. The molecule has 3 unspecified atom stereocenters. The van der Waals surface area contributed by atoms with Gasteiger partial charge in [0.15, 0.2) is 0 Å². The number of hydrogen-bond donors (Lipinski definition) is 2. The first-order valence-corrected chi connectivity index (χ1v) is 14.4. The lowest BCUT2D eigenvalue weighted by atomic mass is 9.85. The third-order valence-corrected chi connectivity index (χ3v) is 8.73. The molecule has 4 rings (SSSR count). The number of anilines is 1. The predicted octanol–water partition coefficient (Wildman–Crippen LogP) is 3.20. The van der Waals surface area contributed by atoms with Crippen LogP contribution in [0.5, 0.6) is 0 Å². The number of carbonyl (C=O) groups excluding carboxylic acids is 3. The lowest BCUT2D eigenvalue weighted by molar-refractivity contribution is -0.134. The zero-order chi connectivity index (χ0) is 28.4. The minimum Gasteiger partial charge on any atom is -0.373 e. The molecule has 0 aliphatic carbocycles. The van der Waals surface area contributed by atoms with Crippen LogP contribution in [-0.2, 0) is 29.9 Å². The van der Waals surface area contributed by atoms with Gasteiger partial charge in [0.2, 0.25) is 15.9 Å². The Morgan fingerprint density at radius 2 is 1.69 bits per heavy atom. The van der Waals surface area contributed by atoms with E-state index < -0.39 is 45.8 Å². The van der Waals surface area contributed by atoms with Crippen LogP contribution in [0.1, 0.15) is 45.6 Å². The van der Waals surface area contributed by atoms with Crippen molar-refractivity contribution >= 4 is 33.6 Å². The summed E-state index contributed by atoms with van der Waals surface area (Å²) in [7, 11) is -3.74. The van der Waals surface area contributed by atoms with Crippen molar-refractivity contribution in [3.05, 3.63) is 59.9 Å². The fourth-order valence-electron chi connectivity index (χ4n) is 4.99. The molecular weight excluding hydrogens is 527 g/mol. The van der Waals surface area contributed by atoms with Gasteiger partial charge in [-0.1, -0.05) is 31.9 Å². The van der Waals surface area contributed by atoms with E-state index in [-0.39, 0.29) is 30.2 Å². The van der Waals surface area contributed by atoms with Gasteiger partial charge in [0.05, 0.1) is 17.1 Å². The van der Waals surface area contributed by atoms with Crippen LogP contribution in [0.15, 0.2) is 53.4 Å². The van der Waals surface area contributed by atoms with Gasteiger partial charge in [-0.05, 0) is 62.2 Å². The van der Waals surface area contributed by atoms with Crippen molar-refractivity contribution in [3.63, 3.8) is 0 Å². The van der Waals surface area contributed by atoms with Crippen molar-refractivity contribution in [1.82, 2.24) is 14.5 Å². The molecule has 0 bridgehead atoms. The van der Waals surface area contributed by atoms with E-state index >= 15 is 0 Å². The molecule has 0 spiro atoms. The molecular formula is C27H33FN4O6S. The minimum absolute atomic E-state index is 0.0795. The minimum atomic E-state index is -3.74. The Morgan fingerprint density at radius 1 is 1.08 bits per heavy atom. The molecule has 2 N–H and O–H groups in total. The first-order valence-electron chi connectivity index (χ1n) is 12.9. The normalized spacial score (nSPS) is 24.1. The first kappa shape index (κ1) is 28.7. The molecule has 210 valence electrons. The largest absolute Gasteiger partial charge is 0.373 e. The molecule has 2 aliphatic rings. The van der Waals surface area contributed by atoms with Gasteiger partial charge in [-0.2, -0.15) is 4.31 Å². The third kappa shape index (κ3) is 5.97. The van der Waals surface area contributed by atoms with Gasteiger partial charge in [0.1, 0.15) is 17.9 Å². The maximum atomic E-state index is 13.5. The summed E-state index contributed by atoms with van der Waals surface area (Å²) in [6.45, 7) is 5.53. The summed E-state index contributed by atoms with van der Waals surface area (Å²) in [5.74, 6) is -1.68. The van der Waals surface area contributed by atoms with E-state index in [0.29, 0.717) is 24.1 Å². The number of imide groups is 1. The van der Waals surface area contributed by atoms with Gasteiger partial charge in [0, 0.05) is 18.8 Å². The number of morpholine rings is 1. The van der Waals surface area contributed by atoms with Gasteiger partial charge in [-0.3, -0.25) is 14.5 Å². The number of ether oxygens (including phenoxy) is 1. The number of sulfonamides is 1. The molecule has 12 heteroatoms. The summed E-state index contributed by atoms with van der Waals surface area (Å²) in [4.78, 5) is 40.0. The number of benzene rings is 2. The number of carbonyl (C=O) groups is 3. The van der Waals surface area contributed by atoms with E-state index in [1.165, 1.54) is 52.8 Å². The number of unbranched alkanes of at least 4 members (excludes halogenated alkanes) is 1. The topological polar surface area (TPSA) is 125 Å². The number of halogens is 1. The second-order valence-corrected chi connectivity index (χ2v) is 11.9. The Hall–Kier alpha value is -3.35. The average Bonchev–Trinajstić information content (AvgIpc) is 3.12. The highest BCUT2D eigenvalue weighted by atomic mass is 32.2. The van der Waals surface area contributed by atoms with Crippen LogP contribution < -0.4 is 10.6 Å². The molecule has 2 aromatic carbocycles. The molecule has 39 heavy (non-hydrogen) atoms. The number of hydrogen-bond acceptors (Lipinski definition) is 6. The highest BCUT2D eigenvalue weighted by Gasteiger charge is 2.52. The van der Waals surface area contributed by atoms with Crippen LogP contribution in [0, 0.1) is 5.82 Å². The molecule has 2 aliphatic heterocycles. The van der Waals surface area contributed by atoms with Crippen molar-refractivity contribution in [2.75, 3.05) is 25.0 Å². The second-order valence-electron chi connectivity index (χ2n) is 9.99. The summed E-state index contributed by atoms with van der Waals surface area (Å²) >= 11 is 0. The number of amides is 4. The second kappa shape index (κ2) is 11.4. The molecule has 2 saturated heterocycles. The van der Waals surface area contributed by atoms with Crippen molar-refractivity contribution in [3.8, 4) is 0 Å². The van der Waals surface area contributed by atoms with Crippen LogP contribution >= 0.6 is 0 Å². The van der Waals surface area contributed by atoms with E-state index in [4.69, 9.17) is 4.74 Å². The lowest BCUT2D eigenvalue weighted by Crippen LogP contribution is -2.48. The summed E-state index contributed by atoms with van der Waals surface area (Å²) in [5, 5.41) is 5.33. The molecule has 0 saturated carbocycles. The summed E-state index contributed by atoms with van der Waals surface area (Å²) < 4.78 is 46.6. The Kier molecular flexibility index (Phi) is 8.38. The Balaban J connectivity index is 1.45. The van der Waals surface area contributed by atoms with Gasteiger partial charge >= 0.3 is 6.03 Å². The van der Waals surface area contributed by atoms with Gasteiger partial charge in [-0.15, -0.1) is 0 Å². The summed E-state index contributed by atoms with van der Waals surface area (Å²) in [6.07, 6.45) is 1.24. The Morgan fingerprint density at radius 3 is 2.28 bits per heavy atom. The van der Waals surface area contributed by atoms with Gasteiger partial charge < -0.3 is 15.4 Å². The molecule has 0 aromatic heterocycles. The standard InChI is InChI=1S/C27H33FN4O6S/c1-4-5-14-27(20-6-8-21(28)9-7-20)25(34)32(26(35)30-27)17-24(33)29-22-10-12-23(13-11-22)39(36,37)31-15-18(2)38-19(3)16-31/h6-13,18-19H,4-5,14-17H2,1-3H3,(H,29,33)(H,30,35). The quantitative estimate of drug-likeness (QED) is 0.454. The molecule has 3 atom stereocenters. The van der Waals surface area contributed by atoms with Crippen molar-refractivity contribution in [2.24, 2.45) is 0 Å². The Labute approximate surface area is 227 Å². The van der Waals surface area contributed by atoms with Crippen molar-refractivity contribution < 1.29 is 31.9 Å². The van der Waals surface area contributed by atoms with E-state index in [0.717, 1.165) is 11.3 Å². The van der Waals surface area contributed by atoms with Crippen LogP contribution in [0.2, 0.25) is 0 Å². The zero-order valence-electron chi connectivity index (χ0n) is 22.1. The molecule has 0 radical (unpaired) electrons. The van der Waals surface area contributed by atoms with Crippen LogP contribution in [-0.4, -0.2) is 67.3 Å². The molecule has 10 nitrogen and oxygen atoms in total. The third-order valence-electron chi connectivity index (χ3n) is 6.88. The average molecular weight is 561 g/mol. The van der Waals surface area contributed by atoms with E-state index in [1.54, 1.807) is 0 Å². The predicted molar refractivity (Wildman–Crippen MR) is 142 cm³/mol. The first-order chi connectivity index (χ1) is 18.5. The summed E-state index contributed by atoms with van der Waals surface area (Å²) in [5.41, 5.74) is -0.629. The smallest absolute Gasteiger partial charge is 0.325 e. The van der Waals surface area contributed by atoms with Crippen LogP contribution in [0.25, 0.3) is 0 Å². The van der Waals surface area contributed by atoms with Crippen LogP contribution in [0.4, 0.5) is 14.9 Å². The number of rotatable bonds is 9. The number of urea groups is 1. The molecule has 4 amide bonds. The molecule has 2 fully saturated rings. The fraction of sp³-hybridized carbons (Fsp3) is 0.444. The maximum absolute atomic E-state index is 13.5. The zero-order valence-corrected chi connectivity index (χ0v) is 23.0. The number of nitrogens with zero attached hydrogens (tertiary/aromatic N) is 2. The number of nitrogens with one attached hydrogen (secondary N) is 2. The maximum Gasteiger partial charge on any atom is 0.325 e. The molecule has 2 aromatic rings. The van der Waals surface area contributed by atoms with Gasteiger partial charge in [-0.25, -0.2) is 17.6 Å². The van der Waals surface area contributed by atoms with Gasteiger partial charge in [0.25, 0.3) is 5.91 Å². The van der Waals surface area contributed by atoms with E-state index in [2.05, 4.69) is 10.6 Å². The highest BCUT2D eigenvalue weighted by molar-refractivity contribution is 7.89.